The summed E-state index contributed by atoms with van der Waals surface area (Å²) in [6, 6.07) is 0. The van der Waals surface area contributed by atoms with E-state index in [1.807, 2.05) is 0 Å². The summed E-state index contributed by atoms with van der Waals surface area (Å²) < 4.78 is 0. The first-order valence-electron chi connectivity index (χ1n) is 0. The van der Waals surface area contributed by atoms with E-state index in [1.54, 1.807) is 0 Å². The Kier molecular flexibility index (Phi) is 115. The Morgan fingerprint density at radius 1 is 0.750 bits per heavy atom. The van der Waals surface area contributed by atoms with Crippen LogP contribution >= 0.6 is 0 Å². The van der Waals surface area contributed by atoms with Crippen molar-refractivity contribution >= 4 is 46.1 Å². The largest absolute Gasteiger partial charge is 0.316 e. The molecule has 0 aliphatic heterocycles. The Hall–Kier alpha value is 3.04. The third-order valence-corrected chi connectivity index (χ3v) is 0. The van der Waals surface area contributed by atoms with Crippen LogP contribution < -0.4 is 0 Å². The van der Waals surface area contributed by atoms with Gasteiger partial charge in [0.1, 0.15) is 0 Å². The van der Waals surface area contributed by atoms with Crippen LogP contribution in [0.15, 0.2) is 0 Å². The average Bonchev–Trinajstić information content (AvgIpc) is 0. The summed E-state index contributed by atoms with van der Waals surface area (Å²) in [5, 5.41) is 0. The van der Waals surface area contributed by atoms with E-state index in [0.29, 0.717) is 0 Å². The van der Waals surface area contributed by atoms with E-state index in [4.69, 9.17) is 0 Å². The molecule has 0 saturated heterocycles. The fourth-order valence-corrected chi connectivity index (χ4v) is 0. The minimum absolute atomic E-state index is 0. The van der Waals surface area contributed by atoms with Crippen molar-refractivity contribution in [1.82, 2.24) is 0 Å². The second kappa shape index (κ2) is 16.6. The zero-order valence-corrected chi connectivity index (χ0v) is 6.63. The Bertz CT molecular complexity index is 6.00. The standard InChI is InChI=1S/2Mg.Zn.Zr.4H. The SMILES string of the molecule is [MgH2].[MgH2].[Zn].[Zr]. The number of hydrogen-bond donors (Lipinski definition) is 0. The van der Waals surface area contributed by atoms with Crippen molar-refractivity contribution in [3.8, 4) is 0 Å². The zero-order valence-electron chi connectivity index (χ0n) is 1.21. The van der Waals surface area contributed by atoms with Crippen molar-refractivity contribution < 1.29 is 45.7 Å². The van der Waals surface area contributed by atoms with Gasteiger partial charge < -0.3 is 0 Å². The first-order valence-corrected chi connectivity index (χ1v) is 0. The summed E-state index contributed by atoms with van der Waals surface area (Å²) in [5.41, 5.74) is 0. The predicted molar refractivity (Wildman–Crippen MR) is 17.1 cm³/mol. The van der Waals surface area contributed by atoms with Gasteiger partial charge in [0.25, 0.3) is 0 Å². The molecule has 0 amide bonds. The normalized spacial score (nSPS) is 0. The van der Waals surface area contributed by atoms with Crippen LogP contribution in [0.3, 0.4) is 0 Å². The van der Waals surface area contributed by atoms with Gasteiger partial charge in [-0.15, -0.1) is 0 Å². The predicted octanol–water partition coefficient (Wildman–Crippen LogP) is -1.84. The monoisotopic (exact) mass is 206 g/mol. The van der Waals surface area contributed by atoms with E-state index in [1.165, 1.54) is 0 Å². The summed E-state index contributed by atoms with van der Waals surface area (Å²) in [7, 11) is 0. The van der Waals surface area contributed by atoms with Gasteiger partial charge in [-0.1, -0.05) is 0 Å². The molecular weight excluding hydrogens is 205 g/mol. The van der Waals surface area contributed by atoms with Crippen LogP contribution in [0.2, 0.25) is 0 Å². The van der Waals surface area contributed by atoms with Crippen molar-refractivity contribution in [2.24, 2.45) is 0 Å². The molecule has 0 fully saturated rings. The molecule has 0 aromatic rings. The molecule has 0 heterocycles. The molecule has 4 heavy (non-hydrogen) atoms. The van der Waals surface area contributed by atoms with Crippen LogP contribution in [0.25, 0.3) is 0 Å². The smallest absolute Gasteiger partial charge is 0 e. The van der Waals surface area contributed by atoms with Crippen molar-refractivity contribution in [2.75, 3.05) is 0 Å². The van der Waals surface area contributed by atoms with Crippen LogP contribution in [0.5, 0.6) is 0 Å². The Balaban J connectivity index is 0. The van der Waals surface area contributed by atoms with Crippen molar-refractivity contribution in [2.45, 2.75) is 0 Å². The van der Waals surface area contributed by atoms with Crippen molar-refractivity contribution in [1.29, 1.82) is 0 Å². The Labute approximate surface area is 90.0 Å². The van der Waals surface area contributed by atoms with Gasteiger partial charge in [0.2, 0.25) is 0 Å². The minimum Gasteiger partial charge on any atom is 0 e. The van der Waals surface area contributed by atoms with Gasteiger partial charge in [-0.25, -0.2) is 0 Å². The molecule has 0 saturated carbocycles. The molecule has 0 atom stereocenters. The molecule has 0 aliphatic rings. The molecule has 0 rings (SSSR count). The molecule has 0 radical (unpaired) electrons. The second-order valence-electron chi connectivity index (χ2n) is 0. The van der Waals surface area contributed by atoms with Crippen LogP contribution in [0.4, 0.5) is 0 Å². The molecule has 0 nitrogen and oxygen atoms in total. The zero-order chi connectivity index (χ0) is 0. The maximum atomic E-state index is 0. The van der Waals surface area contributed by atoms with E-state index in [0.717, 1.165) is 0 Å². The van der Waals surface area contributed by atoms with Gasteiger partial charge in [0.15, 0.2) is 0 Å². The maximum Gasteiger partial charge on any atom is 0.316 e. The fraction of sp³-hybridized carbons (Fsp3) is 0. The topological polar surface area (TPSA) is 0 Å². The first-order chi connectivity index (χ1) is 0. The number of hydrogen-bond acceptors (Lipinski definition) is 0. The van der Waals surface area contributed by atoms with E-state index in [2.05, 4.69) is 0 Å². The van der Waals surface area contributed by atoms with Crippen molar-refractivity contribution in [3.05, 3.63) is 0 Å². The summed E-state index contributed by atoms with van der Waals surface area (Å²) in [4.78, 5) is 0. The summed E-state index contributed by atoms with van der Waals surface area (Å²) in [6.45, 7) is 0. The molecule has 0 spiro atoms. The van der Waals surface area contributed by atoms with Gasteiger partial charge in [0.05, 0.1) is 0 Å². The quantitative estimate of drug-likeness (QED) is 0.411. The molecule has 0 aromatic carbocycles. The molecule has 0 unspecified atom stereocenters. The van der Waals surface area contributed by atoms with E-state index >= 15 is 0 Å². The Morgan fingerprint density at radius 3 is 0.750 bits per heavy atom. The first kappa shape index (κ1) is 27.8. The maximum absolute atomic E-state index is 0. The second-order valence-corrected chi connectivity index (χ2v) is 0. The molecule has 0 aliphatic carbocycles. The molecule has 0 N–H and O–H groups in total. The summed E-state index contributed by atoms with van der Waals surface area (Å²) in [6.07, 6.45) is 0. The summed E-state index contributed by atoms with van der Waals surface area (Å²) >= 11 is 0. The van der Waals surface area contributed by atoms with Crippen LogP contribution in [-0.2, 0) is 45.7 Å². The van der Waals surface area contributed by atoms with Crippen LogP contribution in [0, 0.1) is 0 Å². The van der Waals surface area contributed by atoms with E-state index < -0.39 is 0 Å². The van der Waals surface area contributed by atoms with Crippen LogP contribution in [-0.4, -0.2) is 46.1 Å². The Morgan fingerprint density at radius 2 is 0.750 bits per heavy atom. The summed E-state index contributed by atoms with van der Waals surface area (Å²) in [5.74, 6) is 0. The van der Waals surface area contributed by atoms with Gasteiger partial charge in [0, 0.05) is 45.7 Å². The molecule has 0 bridgehead atoms. The molecule has 0 aromatic heterocycles. The van der Waals surface area contributed by atoms with Gasteiger partial charge >= 0.3 is 46.1 Å². The molecular formula is H4Mg2ZnZr. The van der Waals surface area contributed by atoms with Gasteiger partial charge in [-0.05, 0) is 0 Å². The molecule has 14 valence electrons. The van der Waals surface area contributed by atoms with Crippen molar-refractivity contribution in [3.63, 3.8) is 0 Å². The third kappa shape index (κ3) is 8.90. The molecule has 4 heteroatoms. The van der Waals surface area contributed by atoms with E-state index in [9.17, 15) is 0 Å². The fourth-order valence-electron chi connectivity index (χ4n) is 0. The van der Waals surface area contributed by atoms with Crippen LogP contribution in [0.1, 0.15) is 0 Å². The minimum atomic E-state index is 0. The van der Waals surface area contributed by atoms with E-state index in [-0.39, 0.29) is 91.8 Å². The van der Waals surface area contributed by atoms with Gasteiger partial charge in [-0.3, -0.25) is 0 Å². The average molecular weight is 209 g/mol. The third-order valence-electron chi connectivity index (χ3n) is 0. The number of rotatable bonds is 0. The van der Waals surface area contributed by atoms with Gasteiger partial charge in [-0.2, -0.15) is 0 Å².